The first-order chi connectivity index (χ1) is 12.1. The van der Waals surface area contributed by atoms with E-state index in [2.05, 4.69) is 0 Å². The Bertz CT molecular complexity index is 735. The first-order valence-electron chi connectivity index (χ1n) is 8.30. The van der Waals surface area contributed by atoms with Gasteiger partial charge in [0.1, 0.15) is 17.2 Å². The van der Waals surface area contributed by atoms with Crippen molar-refractivity contribution in [1.29, 1.82) is 0 Å². The summed E-state index contributed by atoms with van der Waals surface area (Å²) in [6.07, 6.45) is 0. The van der Waals surface area contributed by atoms with Crippen molar-refractivity contribution in [1.82, 2.24) is 0 Å². The van der Waals surface area contributed by atoms with Crippen LogP contribution in [0, 0.1) is 20.8 Å². The predicted octanol–water partition coefficient (Wildman–Crippen LogP) is 5.13. The van der Waals surface area contributed by atoms with Crippen LogP contribution in [0.4, 0.5) is 0 Å². The minimum Gasteiger partial charge on any atom is -0.489 e. The van der Waals surface area contributed by atoms with Crippen LogP contribution in [0.5, 0.6) is 17.2 Å². The Morgan fingerprint density at radius 3 is 1.04 bits per heavy atom. The fraction of sp³-hybridized carbons (Fsp3) is 0.143. The maximum atomic E-state index is 6.02. The molecule has 0 aliphatic carbocycles. The largest absolute Gasteiger partial charge is 0.864 e. The molecule has 0 radical (unpaired) electrons. The third-order valence-corrected chi connectivity index (χ3v) is 3.95. The van der Waals surface area contributed by atoms with Gasteiger partial charge < -0.3 is 14.0 Å². The van der Waals surface area contributed by atoms with Crippen LogP contribution >= 0.6 is 0 Å². The molecule has 3 nitrogen and oxygen atoms in total. The highest BCUT2D eigenvalue weighted by Gasteiger charge is 2.31. The smallest absolute Gasteiger partial charge is 0.489 e. The highest BCUT2D eigenvalue weighted by molar-refractivity contribution is 6.39. The molecule has 0 saturated heterocycles. The zero-order valence-electron chi connectivity index (χ0n) is 14.7. The Morgan fingerprint density at radius 2 is 0.760 bits per heavy atom. The fourth-order valence-corrected chi connectivity index (χ4v) is 2.45. The molecule has 3 aromatic carbocycles. The maximum Gasteiger partial charge on any atom is 0.864 e. The van der Waals surface area contributed by atoms with E-state index in [4.69, 9.17) is 14.0 Å². The third-order valence-electron chi connectivity index (χ3n) is 3.95. The minimum absolute atomic E-state index is 0.731. The van der Waals surface area contributed by atoms with Crippen LogP contribution in [0.3, 0.4) is 0 Å². The number of rotatable bonds is 6. The van der Waals surface area contributed by atoms with Gasteiger partial charge in [-0.25, -0.2) is 0 Å². The Balaban J connectivity index is 1.86. The first kappa shape index (κ1) is 17.0. The van der Waals surface area contributed by atoms with E-state index >= 15 is 0 Å². The van der Waals surface area contributed by atoms with E-state index in [-0.39, 0.29) is 0 Å². The molecule has 0 heterocycles. The van der Waals surface area contributed by atoms with Crippen molar-refractivity contribution in [3.05, 3.63) is 89.5 Å². The number of aryl methyl sites for hydroxylation is 3. The summed E-state index contributed by atoms with van der Waals surface area (Å²) < 4.78 is 18.1. The van der Waals surface area contributed by atoms with Gasteiger partial charge >= 0.3 is 7.32 Å². The summed E-state index contributed by atoms with van der Waals surface area (Å²) in [5, 5.41) is 0. The Labute approximate surface area is 149 Å². The van der Waals surface area contributed by atoms with E-state index in [0.717, 1.165) is 33.9 Å². The van der Waals surface area contributed by atoms with Crippen molar-refractivity contribution in [2.75, 3.05) is 0 Å². The second-order valence-electron chi connectivity index (χ2n) is 5.94. The monoisotopic (exact) mass is 332 g/mol. The molecule has 0 unspecified atom stereocenters. The lowest BCUT2D eigenvalue weighted by Gasteiger charge is -2.19. The van der Waals surface area contributed by atoms with E-state index in [1.165, 1.54) is 0 Å². The molecule has 3 aromatic rings. The Kier molecular flexibility index (Phi) is 5.29. The SMILES string of the molecule is Cc1ccccc1OB(Oc1ccccc1C)Oc1ccccc1C. The molecule has 0 N–H and O–H groups in total. The molecule has 0 aromatic heterocycles. The highest BCUT2D eigenvalue weighted by atomic mass is 16.7. The van der Waals surface area contributed by atoms with Crippen molar-refractivity contribution >= 4 is 7.32 Å². The van der Waals surface area contributed by atoms with Gasteiger partial charge in [-0.1, -0.05) is 54.6 Å². The molecule has 0 aliphatic rings. The number of benzene rings is 3. The molecule has 0 atom stereocenters. The maximum absolute atomic E-state index is 6.02. The van der Waals surface area contributed by atoms with Crippen molar-refractivity contribution in [3.8, 4) is 17.2 Å². The lowest BCUT2D eigenvalue weighted by molar-refractivity contribution is 0.304. The average molecular weight is 332 g/mol. The lowest BCUT2D eigenvalue weighted by atomic mass is 10.1. The molecule has 3 rings (SSSR count). The first-order valence-corrected chi connectivity index (χ1v) is 8.30. The number of hydrogen-bond donors (Lipinski definition) is 0. The normalized spacial score (nSPS) is 10.2. The summed E-state index contributed by atoms with van der Waals surface area (Å²) in [4.78, 5) is 0. The van der Waals surface area contributed by atoms with Crippen LogP contribution in [0.2, 0.25) is 0 Å². The van der Waals surface area contributed by atoms with Crippen LogP contribution in [-0.4, -0.2) is 7.32 Å². The Morgan fingerprint density at radius 1 is 0.480 bits per heavy atom. The van der Waals surface area contributed by atoms with Gasteiger partial charge in [0.2, 0.25) is 0 Å². The minimum atomic E-state index is -0.886. The zero-order valence-corrected chi connectivity index (χ0v) is 14.7. The van der Waals surface area contributed by atoms with E-state index in [1.807, 2.05) is 93.6 Å². The van der Waals surface area contributed by atoms with Gasteiger partial charge in [0, 0.05) is 0 Å². The molecule has 126 valence electrons. The van der Waals surface area contributed by atoms with Crippen LogP contribution in [0.1, 0.15) is 16.7 Å². The standard InChI is InChI=1S/C21H21BO3/c1-16-10-4-7-13-19(16)23-22(24-20-14-8-5-11-17(20)2)25-21-15-9-6-12-18(21)3/h4-15H,1-3H3. The van der Waals surface area contributed by atoms with Crippen LogP contribution in [0.25, 0.3) is 0 Å². The molecule has 25 heavy (non-hydrogen) atoms. The molecule has 4 heteroatoms. The summed E-state index contributed by atoms with van der Waals surface area (Å²) in [6.45, 7) is 5.98. The molecule has 0 fully saturated rings. The molecule has 0 spiro atoms. The number of hydrogen-bond acceptors (Lipinski definition) is 3. The Hall–Kier alpha value is -2.88. The van der Waals surface area contributed by atoms with Crippen molar-refractivity contribution < 1.29 is 14.0 Å². The summed E-state index contributed by atoms with van der Waals surface area (Å²) >= 11 is 0. The van der Waals surface area contributed by atoms with Crippen LogP contribution in [0.15, 0.2) is 72.8 Å². The molecule has 0 amide bonds. The molecule has 0 aliphatic heterocycles. The van der Waals surface area contributed by atoms with Crippen molar-refractivity contribution in [3.63, 3.8) is 0 Å². The van der Waals surface area contributed by atoms with Crippen LogP contribution in [-0.2, 0) is 0 Å². The quantitative estimate of drug-likeness (QED) is 0.586. The van der Waals surface area contributed by atoms with Gasteiger partial charge in [-0.2, -0.15) is 0 Å². The second-order valence-corrected chi connectivity index (χ2v) is 5.94. The molecule has 0 bridgehead atoms. The molecular weight excluding hydrogens is 311 g/mol. The topological polar surface area (TPSA) is 27.7 Å². The van der Waals surface area contributed by atoms with E-state index < -0.39 is 7.32 Å². The number of para-hydroxylation sites is 3. The van der Waals surface area contributed by atoms with Crippen LogP contribution < -0.4 is 14.0 Å². The third kappa shape index (κ3) is 4.35. The lowest BCUT2D eigenvalue weighted by Crippen LogP contribution is -2.37. The summed E-state index contributed by atoms with van der Waals surface area (Å²) in [7, 11) is -0.886. The fourth-order valence-electron chi connectivity index (χ4n) is 2.45. The molecular formula is C21H21BO3. The van der Waals surface area contributed by atoms with Gasteiger partial charge in [-0.3, -0.25) is 0 Å². The van der Waals surface area contributed by atoms with E-state index in [9.17, 15) is 0 Å². The summed E-state index contributed by atoms with van der Waals surface area (Å²) in [5.74, 6) is 2.19. The summed E-state index contributed by atoms with van der Waals surface area (Å²) in [5.41, 5.74) is 3.07. The predicted molar refractivity (Wildman–Crippen MR) is 101 cm³/mol. The zero-order chi connectivity index (χ0) is 17.6. The van der Waals surface area contributed by atoms with Gasteiger partial charge in [0.25, 0.3) is 0 Å². The van der Waals surface area contributed by atoms with Gasteiger partial charge in [0.15, 0.2) is 0 Å². The van der Waals surface area contributed by atoms with Gasteiger partial charge in [-0.05, 0) is 55.7 Å². The second kappa shape index (κ2) is 7.80. The van der Waals surface area contributed by atoms with E-state index in [0.29, 0.717) is 0 Å². The average Bonchev–Trinajstić information content (AvgIpc) is 2.61. The highest BCUT2D eigenvalue weighted by Crippen LogP contribution is 2.24. The van der Waals surface area contributed by atoms with Crippen molar-refractivity contribution in [2.45, 2.75) is 20.8 Å². The summed E-state index contributed by atoms with van der Waals surface area (Å²) in [6, 6.07) is 23.4. The van der Waals surface area contributed by atoms with Gasteiger partial charge in [-0.15, -0.1) is 0 Å². The van der Waals surface area contributed by atoms with Gasteiger partial charge in [0.05, 0.1) is 0 Å². The van der Waals surface area contributed by atoms with E-state index in [1.54, 1.807) is 0 Å². The van der Waals surface area contributed by atoms with Crippen molar-refractivity contribution in [2.24, 2.45) is 0 Å². The molecule has 0 saturated carbocycles.